The molecule has 0 amide bonds. The van der Waals surface area contributed by atoms with Crippen LogP contribution in [-0.4, -0.2) is 42.3 Å². The molecule has 11 heteroatoms. The third kappa shape index (κ3) is 4.47. The van der Waals surface area contributed by atoms with Crippen molar-refractivity contribution in [2.45, 2.75) is 18.5 Å². The molecule has 2 N–H and O–H groups in total. The Hall–Kier alpha value is -2.11. The zero-order chi connectivity index (χ0) is 21.3. The number of likely N-dealkylation sites (N-methyl/N-ethyl adjacent to an activating group) is 1. The van der Waals surface area contributed by atoms with Crippen LogP contribution in [0.25, 0.3) is 10.4 Å². The highest BCUT2D eigenvalue weighted by atomic mass is 35.5. The number of aromatic nitrogens is 2. The molecule has 1 aliphatic rings. The molecule has 0 bridgehead atoms. The molecule has 3 aromatic rings. The molecule has 1 fully saturated rings. The third-order valence-corrected chi connectivity index (χ3v) is 8.15. The summed E-state index contributed by atoms with van der Waals surface area (Å²) in [5.74, 6) is -0.499. The fraction of sp³-hybridized carbons (Fsp3) is 0.263. The van der Waals surface area contributed by atoms with Crippen LogP contribution >= 0.6 is 22.9 Å². The number of hydrogen-bond acceptors (Lipinski definition) is 6. The van der Waals surface area contributed by atoms with Crippen molar-refractivity contribution in [3.05, 3.63) is 64.8 Å². The summed E-state index contributed by atoms with van der Waals surface area (Å²) in [6.45, 7) is 0.362. The predicted octanol–water partition coefficient (Wildman–Crippen LogP) is 3.69. The van der Waals surface area contributed by atoms with E-state index in [1.54, 1.807) is 25.5 Å². The Bertz CT molecular complexity index is 1140. The Morgan fingerprint density at radius 1 is 1.30 bits per heavy atom. The summed E-state index contributed by atoms with van der Waals surface area (Å²) >= 11 is 7.34. The zero-order valence-electron chi connectivity index (χ0n) is 15.9. The van der Waals surface area contributed by atoms with Gasteiger partial charge in [-0.15, -0.1) is 11.3 Å². The summed E-state index contributed by atoms with van der Waals surface area (Å²) in [6, 6.07) is 7.55. The van der Waals surface area contributed by atoms with E-state index in [0.717, 1.165) is 15.3 Å². The van der Waals surface area contributed by atoms with Crippen LogP contribution in [-0.2, 0) is 10.2 Å². The molecule has 158 valence electrons. The topological polar surface area (TPSA) is 87.2 Å². The Morgan fingerprint density at radius 3 is 2.80 bits per heavy atom. The van der Waals surface area contributed by atoms with Gasteiger partial charge in [-0.2, -0.15) is 17.4 Å². The molecule has 2 unspecified atom stereocenters. The predicted molar refractivity (Wildman–Crippen MR) is 116 cm³/mol. The highest BCUT2D eigenvalue weighted by Crippen LogP contribution is 2.35. The lowest BCUT2D eigenvalue weighted by Gasteiger charge is -2.37. The maximum Gasteiger partial charge on any atom is 0.280 e. The van der Waals surface area contributed by atoms with Gasteiger partial charge in [0.15, 0.2) is 0 Å². The molecule has 0 saturated carbocycles. The molecule has 1 aromatic carbocycles. The first kappa shape index (κ1) is 21.1. The Kier molecular flexibility index (Phi) is 6.03. The Morgan fingerprint density at radius 2 is 2.07 bits per heavy atom. The number of thiophene rings is 1. The van der Waals surface area contributed by atoms with E-state index in [-0.39, 0.29) is 17.1 Å². The number of anilines is 1. The van der Waals surface area contributed by atoms with Crippen LogP contribution in [0.5, 0.6) is 0 Å². The first-order valence-electron chi connectivity index (χ1n) is 9.13. The van der Waals surface area contributed by atoms with Crippen molar-refractivity contribution in [2.24, 2.45) is 0 Å². The summed E-state index contributed by atoms with van der Waals surface area (Å²) in [4.78, 5) is 9.95. The molecule has 7 nitrogen and oxygen atoms in total. The Balaban J connectivity index is 1.51. The van der Waals surface area contributed by atoms with Crippen molar-refractivity contribution in [2.75, 3.05) is 18.9 Å². The monoisotopic (exact) mass is 467 g/mol. The van der Waals surface area contributed by atoms with Crippen LogP contribution < -0.4 is 10.0 Å². The summed E-state index contributed by atoms with van der Waals surface area (Å²) in [5, 5.41) is 3.17. The summed E-state index contributed by atoms with van der Waals surface area (Å²) in [7, 11) is -2.10. The zero-order valence-corrected chi connectivity index (χ0v) is 18.3. The number of halogens is 2. The lowest BCUT2D eigenvalue weighted by Crippen LogP contribution is -2.53. The van der Waals surface area contributed by atoms with E-state index in [9.17, 15) is 12.8 Å². The molecule has 0 aliphatic carbocycles. The number of nitrogens with one attached hydrogen (secondary N) is 2. The highest BCUT2D eigenvalue weighted by molar-refractivity contribution is 7.87. The first-order valence-corrected chi connectivity index (χ1v) is 11.8. The van der Waals surface area contributed by atoms with Crippen molar-refractivity contribution in [3.8, 4) is 10.4 Å². The van der Waals surface area contributed by atoms with Crippen LogP contribution in [0.1, 0.15) is 17.3 Å². The van der Waals surface area contributed by atoms with Crippen molar-refractivity contribution in [1.29, 1.82) is 0 Å². The van der Waals surface area contributed by atoms with E-state index in [1.807, 2.05) is 12.1 Å². The molecule has 2 atom stereocenters. The normalized spacial score (nSPS) is 21.4. The summed E-state index contributed by atoms with van der Waals surface area (Å²) in [6.07, 6.45) is 5.49. The van der Waals surface area contributed by atoms with E-state index >= 15 is 0 Å². The maximum absolute atomic E-state index is 13.4. The van der Waals surface area contributed by atoms with Gasteiger partial charge in [0.25, 0.3) is 10.2 Å². The minimum Gasteiger partial charge on any atom is -0.383 e. The number of hydrogen-bond donors (Lipinski definition) is 2. The van der Waals surface area contributed by atoms with Gasteiger partial charge in [0.1, 0.15) is 12.1 Å². The molecule has 1 aliphatic heterocycles. The fourth-order valence-corrected chi connectivity index (χ4v) is 5.88. The van der Waals surface area contributed by atoms with Crippen LogP contribution in [0.4, 0.5) is 10.1 Å². The number of rotatable bonds is 5. The van der Waals surface area contributed by atoms with E-state index in [1.165, 1.54) is 34.1 Å². The van der Waals surface area contributed by atoms with Gasteiger partial charge in [-0.3, -0.25) is 0 Å². The number of benzene rings is 1. The standard InChI is InChI=1S/C19H19ClFN5O2S2/c1-26-14(10-24-13-2-3-16(21)15(20)6-13)7-17(25-30(26,27)28)19-5-4-18(29-19)12-8-22-11-23-9-12/h2-6,8-9,11,14,17,24-25H,7,10H2,1H3. The molecule has 3 heterocycles. The van der Waals surface area contributed by atoms with Gasteiger partial charge in [0.05, 0.1) is 11.1 Å². The molecule has 1 saturated heterocycles. The van der Waals surface area contributed by atoms with E-state index in [4.69, 9.17) is 11.6 Å². The van der Waals surface area contributed by atoms with Crippen molar-refractivity contribution < 1.29 is 12.8 Å². The van der Waals surface area contributed by atoms with Crippen LogP contribution in [0.15, 0.2) is 49.1 Å². The lowest BCUT2D eigenvalue weighted by atomic mass is 10.1. The second-order valence-corrected chi connectivity index (χ2v) is 10.2. The first-order chi connectivity index (χ1) is 14.3. The van der Waals surface area contributed by atoms with E-state index < -0.39 is 16.0 Å². The average Bonchev–Trinajstić information content (AvgIpc) is 3.22. The molecule has 4 rings (SSSR count). The minimum atomic E-state index is -3.64. The second-order valence-electron chi connectivity index (χ2n) is 6.92. The summed E-state index contributed by atoms with van der Waals surface area (Å²) < 4.78 is 42.8. The van der Waals surface area contributed by atoms with Crippen molar-refractivity contribution >= 4 is 38.8 Å². The van der Waals surface area contributed by atoms with Crippen molar-refractivity contribution in [3.63, 3.8) is 0 Å². The van der Waals surface area contributed by atoms with E-state index in [2.05, 4.69) is 20.0 Å². The smallest absolute Gasteiger partial charge is 0.280 e. The molecular weight excluding hydrogens is 449 g/mol. The highest BCUT2D eigenvalue weighted by Gasteiger charge is 2.37. The third-order valence-electron chi connectivity index (χ3n) is 4.97. The van der Waals surface area contributed by atoms with Gasteiger partial charge >= 0.3 is 0 Å². The average molecular weight is 468 g/mol. The van der Waals surface area contributed by atoms with Gasteiger partial charge in [-0.1, -0.05) is 11.6 Å². The van der Waals surface area contributed by atoms with Gasteiger partial charge in [-0.25, -0.2) is 14.4 Å². The van der Waals surface area contributed by atoms with Crippen LogP contribution in [0.3, 0.4) is 0 Å². The second kappa shape index (κ2) is 8.56. The maximum atomic E-state index is 13.4. The van der Waals surface area contributed by atoms with E-state index in [0.29, 0.717) is 18.7 Å². The fourth-order valence-electron chi connectivity index (χ4n) is 3.28. The molecular formula is C19H19ClFN5O2S2. The molecule has 30 heavy (non-hydrogen) atoms. The SMILES string of the molecule is CN1C(CNc2ccc(F)c(Cl)c2)CC(c2ccc(-c3cncnc3)s2)NS1(=O)=O. The molecule has 2 aromatic heterocycles. The van der Waals surface area contributed by atoms with Crippen LogP contribution in [0, 0.1) is 5.82 Å². The number of nitrogens with zero attached hydrogens (tertiary/aromatic N) is 3. The quantitative estimate of drug-likeness (QED) is 0.597. The molecule has 0 spiro atoms. The van der Waals surface area contributed by atoms with Gasteiger partial charge in [-0.05, 0) is 36.8 Å². The van der Waals surface area contributed by atoms with Gasteiger partial charge in [0.2, 0.25) is 0 Å². The Labute approximate surface area is 183 Å². The van der Waals surface area contributed by atoms with Gasteiger partial charge in [0, 0.05) is 53.0 Å². The van der Waals surface area contributed by atoms with Gasteiger partial charge < -0.3 is 5.32 Å². The minimum absolute atomic E-state index is 0.0140. The van der Waals surface area contributed by atoms with Crippen molar-refractivity contribution in [1.82, 2.24) is 19.0 Å². The lowest BCUT2D eigenvalue weighted by molar-refractivity contribution is 0.298. The largest absolute Gasteiger partial charge is 0.383 e. The molecule has 0 radical (unpaired) electrons. The summed E-state index contributed by atoms with van der Waals surface area (Å²) in [5.41, 5.74) is 1.51. The van der Waals surface area contributed by atoms with Crippen LogP contribution in [0.2, 0.25) is 5.02 Å².